The maximum absolute atomic E-state index is 13.1. The van der Waals surface area contributed by atoms with Crippen LogP contribution in [0.3, 0.4) is 0 Å². The molecule has 0 bridgehead atoms. The minimum atomic E-state index is -0.836. The molecule has 9 heteroatoms. The molecule has 0 atom stereocenters. The van der Waals surface area contributed by atoms with E-state index in [1.165, 1.54) is 0 Å². The first-order valence-electron chi connectivity index (χ1n) is 11.0. The molecule has 2 aliphatic heterocycles. The third-order valence-corrected chi connectivity index (χ3v) is 7.16. The molecule has 1 aliphatic carbocycles. The monoisotopic (exact) mass is 492 g/mol. The number of benzene rings is 1. The van der Waals surface area contributed by atoms with E-state index in [-0.39, 0.29) is 12.5 Å². The Morgan fingerprint density at radius 3 is 2.65 bits per heavy atom. The van der Waals surface area contributed by atoms with Crippen LogP contribution in [-0.4, -0.2) is 61.1 Å². The quantitative estimate of drug-likeness (QED) is 0.616. The highest BCUT2D eigenvalue weighted by Gasteiger charge is 2.52. The maximum Gasteiger partial charge on any atom is 0.325 e. The number of morpholine rings is 1. The van der Waals surface area contributed by atoms with Gasteiger partial charge in [-0.3, -0.25) is 14.5 Å². The summed E-state index contributed by atoms with van der Waals surface area (Å²) in [5.41, 5.74) is 0.704. The Morgan fingerprint density at radius 1 is 1.26 bits per heavy atom. The molecule has 0 radical (unpaired) electrons. The largest absolute Gasteiger partial charge is 0.378 e. The normalized spacial score (nSPS) is 26.3. The van der Waals surface area contributed by atoms with Crippen LogP contribution in [0.4, 0.5) is 16.2 Å². The first-order chi connectivity index (χ1) is 14.9. The van der Waals surface area contributed by atoms with Crippen molar-refractivity contribution < 1.29 is 19.1 Å². The fraction of sp³-hybridized carbons (Fsp3) is 0.591. The molecular formula is C22H29BrN4O4. The van der Waals surface area contributed by atoms with Gasteiger partial charge in [-0.25, -0.2) is 4.79 Å². The molecule has 8 nitrogen and oxygen atoms in total. The lowest BCUT2D eigenvalue weighted by Crippen LogP contribution is -2.49. The summed E-state index contributed by atoms with van der Waals surface area (Å²) in [6.45, 7) is 4.59. The number of hydrogen-bond acceptors (Lipinski definition) is 5. The standard InChI is InChI=1S/C22H29BrN4O4/c1-2-15-5-7-22(8-6-15)20(29)27(21(30)25-22)14-19(28)24-17-13-16(23)3-4-18(17)26-9-11-31-12-10-26/h3-4,13,15H,2,5-12,14H2,1H3,(H,24,28)(H,25,30). The zero-order chi connectivity index (χ0) is 22.0. The first kappa shape index (κ1) is 22.1. The van der Waals surface area contributed by atoms with E-state index >= 15 is 0 Å². The third-order valence-electron chi connectivity index (χ3n) is 6.67. The van der Waals surface area contributed by atoms with Crippen molar-refractivity contribution in [3.8, 4) is 0 Å². The molecule has 3 fully saturated rings. The molecular weight excluding hydrogens is 464 g/mol. The molecule has 1 aromatic rings. The number of urea groups is 1. The number of ether oxygens (including phenoxy) is 1. The number of amides is 4. The number of imide groups is 1. The number of hydrogen-bond donors (Lipinski definition) is 2. The molecule has 0 unspecified atom stereocenters. The summed E-state index contributed by atoms with van der Waals surface area (Å²) in [5.74, 6) is -0.0666. The van der Waals surface area contributed by atoms with Gasteiger partial charge in [0.2, 0.25) is 5.91 Å². The summed E-state index contributed by atoms with van der Waals surface area (Å²) in [6.07, 6.45) is 4.21. The van der Waals surface area contributed by atoms with Gasteiger partial charge in [-0.2, -0.15) is 0 Å². The van der Waals surface area contributed by atoms with Crippen LogP contribution in [0.1, 0.15) is 39.0 Å². The molecule has 2 heterocycles. The van der Waals surface area contributed by atoms with E-state index in [0.29, 0.717) is 37.7 Å². The number of rotatable bonds is 5. The zero-order valence-electron chi connectivity index (χ0n) is 17.8. The number of carbonyl (C=O) groups excluding carboxylic acids is 3. The van der Waals surface area contributed by atoms with Gasteiger partial charge in [0, 0.05) is 17.6 Å². The minimum absolute atomic E-state index is 0.273. The van der Waals surface area contributed by atoms with Gasteiger partial charge in [0.25, 0.3) is 5.91 Å². The summed E-state index contributed by atoms with van der Waals surface area (Å²) in [6, 6.07) is 5.23. The lowest BCUT2D eigenvalue weighted by Gasteiger charge is -2.34. The average molecular weight is 493 g/mol. The minimum Gasteiger partial charge on any atom is -0.378 e. The van der Waals surface area contributed by atoms with E-state index in [1.807, 2.05) is 18.2 Å². The molecule has 2 N–H and O–H groups in total. The van der Waals surface area contributed by atoms with Crippen LogP contribution >= 0.6 is 15.9 Å². The Hall–Kier alpha value is -2.13. The molecule has 4 amide bonds. The maximum atomic E-state index is 13.1. The van der Waals surface area contributed by atoms with Gasteiger partial charge >= 0.3 is 6.03 Å². The van der Waals surface area contributed by atoms with Gasteiger partial charge in [-0.1, -0.05) is 29.3 Å². The van der Waals surface area contributed by atoms with Crippen LogP contribution in [-0.2, 0) is 14.3 Å². The van der Waals surface area contributed by atoms with Gasteiger partial charge in [0.1, 0.15) is 12.1 Å². The lowest BCUT2D eigenvalue weighted by atomic mass is 9.75. The van der Waals surface area contributed by atoms with E-state index in [9.17, 15) is 14.4 Å². The number of nitrogens with zero attached hydrogens (tertiary/aromatic N) is 2. The molecule has 0 aromatic heterocycles. The Labute approximate surface area is 190 Å². The van der Waals surface area contributed by atoms with E-state index in [0.717, 1.165) is 47.4 Å². The summed E-state index contributed by atoms with van der Waals surface area (Å²) in [4.78, 5) is 41.7. The van der Waals surface area contributed by atoms with Crippen LogP contribution in [0.5, 0.6) is 0 Å². The van der Waals surface area contributed by atoms with E-state index in [1.54, 1.807) is 0 Å². The van der Waals surface area contributed by atoms with E-state index in [2.05, 4.69) is 38.4 Å². The van der Waals surface area contributed by atoms with Gasteiger partial charge in [0.15, 0.2) is 0 Å². The van der Waals surface area contributed by atoms with Crippen LogP contribution < -0.4 is 15.5 Å². The zero-order valence-corrected chi connectivity index (χ0v) is 19.4. The highest BCUT2D eigenvalue weighted by molar-refractivity contribution is 9.10. The predicted molar refractivity (Wildman–Crippen MR) is 121 cm³/mol. The molecule has 31 heavy (non-hydrogen) atoms. The first-order valence-corrected chi connectivity index (χ1v) is 11.8. The second kappa shape index (κ2) is 9.16. The third kappa shape index (κ3) is 4.57. The van der Waals surface area contributed by atoms with Gasteiger partial charge < -0.3 is 20.3 Å². The Kier molecular flexibility index (Phi) is 6.52. The van der Waals surface area contributed by atoms with Crippen LogP contribution in [0.15, 0.2) is 22.7 Å². The van der Waals surface area contributed by atoms with Crippen LogP contribution in [0.25, 0.3) is 0 Å². The molecule has 1 saturated carbocycles. The molecule has 2 saturated heterocycles. The van der Waals surface area contributed by atoms with Crippen LogP contribution in [0, 0.1) is 5.92 Å². The van der Waals surface area contributed by atoms with Crippen molar-refractivity contribution in [2.45, 2.75) is 44.6 Å². The topological polar surface area (TPSA) is 91.0 Å². The number of nitrogens with one attached hydrogen (secondary N) is 2. The Bertz CT molecular complexity index is 863. The molecule has 3 aliphatic rings. The summed E-state index contributed by atoms with van der Waals surface area (Å²) in [7, 11) is 0. The molecule has 168 valence electrons. The van der Waals surface area contributed by atoms with E-state index in [4.69, 9.17) is 4.74 Å². The average Bonchev–Trinajstić information content (AvgIpc) is 2.99. The van der Waals surface area contributed by atoms with Crippen molar-refractivity contribution in [1.29, 1.82) is 0 Å². The summed E-state index contributed by atoms with van der Waals surface area (Å²) >= 11 is 3.45. The highest BCUT2D eigenvalue weighted by atomic mass is 79.9. The Balaban J connectivity index is 1.44. The van der Waals surface area contributed by atoms with Gasteiger partial charge in [0.05, 0.1) is 24.6 Å². The smallest absolute Gasteiger partial charge is 0.325 e. The predicted octanol–water partition coefficient (Wildman–Crippen LogP) is 3.12. The fourth-order valence-corrected chi connectivity index (χ4v) is 5.12. The second-order valence-corrected chi connectivity index (χ2v) is 9.48. The summed E-state index contributed by atoms with van der Waals surface area (Å²) < 4.78 is 6.25. The SMILES string of the molecule is CCC1CCC2(CC1)NC(=O)N(CC(=O)Nc1cc(Br)ccc1N1CCOCC1)C2=O. The van der Waals surface area contributed by atoms with Crippen molar-refractivity contribution in [3.63, 3.8) is 0 Å². The number of carbonyl (C=O) groups is 3. The highest BCUT2D eigenvalue weighted by Crippen LogP contribution is 2.37. The summed E-state index contributed by atoms with van der Waals surface area (Å²) in [5, 5.41) is 5.78. The number of anilines is 2. The molecule has 1 spiro atoms. The van der Waals surface area contributed by atoms with Gasteiger partial charge in [-0.15, -0.1) is 0 Å². The van der Waals surface area contributed by atoms with E-state index < -0.39 is 17.5 Å². The molecule has 4 rings (SSSR count). The number of halogens is 1. The van der Waals surface area contributed by atoms with Crippen molar-refractivity contribution in [3.05, 3.63) is 22.7 Å². The Morgan fingerprint density at radius 2 is 1.97 bits per heavy atom. The van der Waals surface area contributed by atoms with Crippen molar-refractivity contribution in [2.75, 3.05) is 43.1 Å². The molecule has 1 aromatic carbocycles. The van der Waals surface area contributed by atoms with Crippen LogP contribution in [0.2, 0.25) is 0 Å². The van der Waals surface area contributed by atoms with Crippen molar-refractivity contribution >= 4 is 45.2 Å². The van der Waals surface area contributed by atoms with Crippen molar-refractivity contribution in [2.24, 2.45) is 5.92 Å². The second-order valence-electron chi connectivity index (χ2n) is 8.56. The lowest BCUT2D eigenvalue weighted by molar-refractivity contribution is -0.135. The van der Waals surface area contributed by atoms with Gasteiger partial charge in [-0.05, 0) is 49.8 Å². The fourth-order valence-electron chi connectivity index (χ4n) is 4.76. The van der Waals surface area contributed by atoms with Crippen molar-refractivity contribution in [1.82, 2.24) is 10.2 Å².